The van der Waals surface area contributed by atoms with Crippen LogP contribution in [-0.4, -0.2) is 49.7 Å². The lowest BCUT2D eigenvalue weighted by molar-refractivity contribution is -0.127. The van der Waals surface area contributed by atoms with Gasteiger partial charge in [0.05, 0.1) is 4.90 Å². The number of benzene rings is 1. The number of hydrogen-bond acceptors (Lipinski definition) is 3. The molecule has 0 bridgehead atoms. The minimum atomic E-state index is -3.47. The molecule has 122 valence electrons. The quantitative estimate of drug-likeness (QED) is 0.800. The molecule has 0 saturated carbocycles. The molecule has 6 heteroatoms. The van der Waals surface area contributed by atoms with E-state index in [1.165, 1.54) is 10.4 Å². The summed E-state index contributed by atoms with van der Waals surface area (Å²) in [6.45, 7) is 10.7. The van der Waals surface area contributed by atoms with Crippen LogP contribution in [0.1, 0.15) is 19.4 Å². The minimum Gasteiger partial charge on any atom is -0.337 e. The second-order valence-electron chi connectivity index (χ2n) is 4.75. The van der Waals surface area contributed by atoms with E-state index >= 15 is 0 Å². The van der Waals surface area contributed by atoms with Gasteiger partial charge in [0.25, 0.3) is 0 Å². The van der Waals surface area contributed by atoms with Crippen LogP contribution in [0.4, 0.5) is 0 Å². The number of aryl methyl sites for hydroxylation is 1. The highest BCUT2D eigenvalue weighted by molar-refractivity contribution is 7.89. The van der Waals surface area contributed by atoms with Crippen LogP contribution in [0.15, 0.2) is 41.8 Å². The molecule has 0 radical (unpaired) electrons. The topological polar surface area (TPSA) is 57.7 Å². The molecule has 1 aromatic rings. The molecule has 1 amide bonds. The van der Waals surface area contributed by atoms with E-state index in [1.54, 1.807) is 23.1 Å². The lowest BCUT2D eigenvalue weighted by Crippen LogP contribution is -2.50. The molecule has 5 nitrogen and oxygen atoms in total. The first-order valence-corrected chi connectivity index (χ1v) is 8.87. The Labute approximate surface area is 133 Å². The molecule has 0 unspecified atom stereocenters. The van der Waals surface area contributed by atoms with Crippen molar-refractivity contribution in [2.45, 2.75) is 25.7 Å². The van der Waals surface area contributed by atoms with Crippen molar-refractivity contribution in [3.8, 4) is 0 Å². The molecule has 2 rings (SSSR count). The number of nitrogens with zero attached hydrogens (tertiary/aromatic N) is 2. The molecule has 22 heavy (non-hydrogen) atoms. The fraction of sp³-hybridized carbons (Fsp3) is 0.438. The molecule has 1 aromatic carbocycles. The predicted molar refractivity (Wildman–Crippen MR) is 88.1 cm³/mol. The molecule has 1 aliphatic heterocycles. The first-order valence-electron chi connectivity index (χ1n) is 7.43. The third-order valence-corrected chi connectivity index (χ3v) is 5.25. The highest BCUT2D eigenvalue weighted by atomic mass is 32.2. The minimum absolute atomic E-state index is 0.155. The number of piperazine rings is 1. The van der Waals surface area contributed by atoms with Crippen molar-refractivity contribution in [2.24, 2.45) is 0 Å². The summed E-state index contributed by atoms with van der Waals surface area (Å²) < 4.78 is 26.4. The summed E-state index contributed by atoms with van der Waals surface area (Å²) in [5, 5.41) is 0. The second-order valence-corrected chi connectivity index (χ2v) is 6.69. The monoisotopic (exact) mass is 324 g/mol. The molecule has 0 N–H and O–H groups in total. The van der Waals surface area contributed by atoms with Gasteiger partial charge in [-0.2, -0.15) is 4.31 Å². The Morgan fingerprint density at radius 3 is 2.27 bits per heavy atom. The molecule has 0 aromatic heterocycles. The summed E-state index contributed by atoms with van der Waals surface area (Å²) in [6.07, 6.45) is 1.25. The van der Waals surface area contributed by atoms with Crippen LogP contribution in [0.5, 0.6) is 0 Å². The van der Waals surface area contributed by atoms with E-state index < -0.39 is 10.0 Å². The van der Waals surface area contributed by atoms with Gasteiger partial charge in [-0.1, -0.05) is 32.6 Å². The number of carbonyl (C=O) groups excluding carboxylic acids is 1. The fourth-order valence-electron chi connectivity index (χ4n) is 2.20. The van der Waals surface area contributed by atoms with Crippen LogP contribution in [0.3, 0.4) is 0 Å². The predicted octanol–water partition coefficient (Wildman–Crippen LogP) is 2.04. The van der Waals surface area contributed by atoms with Crippen LogP contribution in [0.2, 0.25) is 0 Å². The Bertz CT molecular complexity index is 618. The van der Waals surface area contributed by atoms with E-state index in [4.69, 9.17) is 0 Å². The Balaban J connectivity index is 0.00000116. The van der Waals surface area contributed by atoms with Crippen LogP contribution in [0.25, 0.3) is 0 Å². The lowest BCUT2D eigenvalue weighted by Gasteiger charge is -2.33. The summed E-state index contributed by atoms with van der Waals surface area (Å²) >= 11 is 0. The average molecular weight is 324 g/mol. The standard InChI is InChI=1S/C14H18N2O3S.C2H6/c1-3-14(17)15-7-9-16(10-8-15)20(18,19)13-6-4-5-12(2)11-13;1-2/h3-6,11H,1,7-10H2,2H3;1-2H3. The number of hydrogen-bond donors (Lipinski definition) is 0. The third-order valence-electron chi connectivity index (χ3n) is 3.35. The third kappa shape index (κ3) is 4.18. The molecule has 0 spiro atoms. The van der Waals surface area contributed by atoms with Gasteiger partial charge in [-0.05, 0) is 30.7 Å². The zero-order valence-electron chi connectivity index (χ0n) is 13.4. The SMILES string of the molecule is C=CC(=O)N1CCN(S(=O)(=O)c2cccc(C)c2)CC1.CC. The number of carbonyl (C=O) groups is 1. The zero-order valence-corrected chi connectivity index (χ0v) is 14.3. The van der Waals surface area contributed by atoms with Gasteiger partial charge in [0.1, 0.15) is 0 Å². The van der Waals surface area contributed by atoms with Crippen molar-refractivity contribution in [3.05, 3.63) is 42.5 Å². The highest BCUT2D eigenvalue weighted by Gasteiger charge is 2.29. The first kappa shape index (κ1) is 18.4. The van der Waals surface area contributed by atoms with Gasteiger partial charge in [-0.3, -0.25) is 4.79 Å². The Morgan fingerprint density at radius 1 is 1.18 bits per heavy atom. The number of amides is 1. The van der Waals surface area contributed by atoms with Gasteiger partial charge < -0.3 is 4.90 Å². The normalized spacial score (nSPS) is 15.7. The van der Waals surface area contributed by atoms with Crippen LogP contribution in [-0.2, 0) is 14.8 Å². The van der Waals surface area contributed by atoms with E-state index in [2.05, 4.69) is 6.58 Å². The largest absolute Gasteiger partial charge is 0.337 e. The maximum absolute atomic E-state index is 12.5. The Hall–Kier alpha value is -1.66. The summed E-state index contributed by atoms with van der Waals surface area (Å²) in [5.41, 5.74) is 0.909. The smallest absolute Gasteiger partial charge is 0.246 e. The lowest BCUT2D eigenvalue weighted by atomic mass is 10.2. The van der Waals surface area contributed by atoms with Crippen LogP contribution < -0.4 is 0 Å². The molecule has 0 aliphatic carbocycles. The van der Waals surface area contributed by atoms with Gasteiger partial charge in [0.15, 0.2) is 0 Å². The zero-order chi connectivity index (χ0) is 16.8. The van der Waals surface area contributed by atoms with Crippen LogP contribution >= 0.6 is 0 Å². The number of sulfonamides is 1. The summed E-state index contributed by atoms with van der Waals surface area (Å²) in [7, 11) is -3.47. The summed E-state index contributed by atoms with van der Waals surface area (Å²) in [4.78, 5) is 13.4. The van der Waals surface area contributed by atoms with Crippen LogP contribution in [0, 0.1) is 6.92 Å². The maximum atomic E-state index is 12.5. The molecule has 1 fully saturated rings. The highest BCUT2D eigenvalue weighted by Crippen LogP contribution is 2.18. The summed E-state index contributed by atoms with van der Waals surface area (Å²) in [5.74, 6) is -0.155. The van der Waals surface area contributed by atoms with E-state index in [9.17, 15) is 13.2 Å². The second kappa shape index (κ2) is 8.10. The molecule has 1 aliphatic rings. The molecule has 0 atom stereocenters. The first-order chi connectivity index (χ1) is 10.4. The van der Waals surface area contributed by atoms with E-state index in [0.29, 0.717) is 31.1 Å². The molecular formula is C16H24N2O3S. The van der Waals surface area contributed by atoms with Crippen molar-refractivity contribution < 1.29 is 13.2 Å². The summed E-state index contributed by atoms with van der Waals surface area (Å²) in [6, 6.07) is 6.86. The van der Waals surface area contributed by atoms with E-state index in [-0.39, 0.29) is 5.91 Å². The Kier molecular flexibility index (Phi) is 6.77. The van der Waals surface area contributed by atoms with Gasteiger partial charge in [-0.15, -0.1) is 0 Å². The van der Waals surface area contributed by atoms with Gasteiger partial charge in [-0.25, -0.2) is 8.42 Å². The number of rotatable bonds is 3. The molecule has 1 saturated heterocycles. The van der Waals surface area contributed by atoms with E-state index in [1.807, 2.05) is 26.8 Å². The van der Waals surface area contributed by atoms with Crippen molar-refractivity contribution in [2.75, 3.05) is 26.2 Å². The van der Waals surface area contributed by atoms with E-state index in [0.717, 1.165) is 5.56 Å². The van der Waals surface area contributed by atoms with Crippen molar-refractivity contribution >= 4 is 15.9 Å². The Morgan fingerprint density at radius 2 is 1.77 bits per heavy atom. The molecular weight excluding hydrogens is 300 g/mol. The van der Waals surface area contributed by atoms with Gasteiger partial charge in [0.2, 0.25) is 15.9 Å². The van der Waals surface area contributed by atoms with Gasteiger partial charge >= 0.3 is 0 Å². The fourth-order valence-corrected chi connectivity index (χ4v) is 3.73. The van der Waals surface area contributed by atoms with Crippen molar-refractivity contribution in [1.82, 2.24) is 9.21 Å². The van der Waals surface area contributed by atoms with Crippen molar-refractivity contribution in [3.63, 3.8) is 0 Å². The maximum Gasteiger partial charge on any atom is 0.246 e. The van der Waals surface area contributed by atoms with Gasteiger partial charge in [0, 0.05) is 26.2 Å². The molecule has 1 heterocycles. The van der Waals surface area contributed by atoms with Crippen molar-refractivity contribution in [1.29, 1.82) is 0 Å². The average Bonchev–Trinajstić information content (AvgIpc) is 2.56.